The molecule has 0 spiro atoms. The lowest BCUT2D eigenvalue weighted by molar-refractivity contribution is 0.282. The van der Waals surface area contributed by atoms with Gasteiger partial charge >= 0.3 is 0 Å². The maximum atomic E-state index is 8.78. The zero-order valence-corrected chi connectivity index (χ0v) is 11.6. The molecule has 2 rings (SSSR count). The first kappa shape index (κ1) is 13.8. The highest BCUT2D eigenvalue weighted by Crippen LogP contribution is 2.37. The van der Waals surface area contributed by atoms with Crippen molar-refractivity contribution in [3.63, 3.8) is 0 Å². The Labute approximate surface area is 113 Å². The Bertz CT molecular complexity index is 470. The number of hydrogen-bond donors (Lipinski definition) is 3. The summed E-state index contributed by atoms with van der Waals surface area (Å²) < 4.78 is 0. The molecule has 0 aliphatic heterocycles. The van der Waals surface area contributed by atoms with Gasteiger partial charge in [0.25, 0.3) is 0 Å². The summed E-state index contributed by atoms with van der Waals surface area (Å²) in [5.74, 6) is 0.0584. The van der Waals surface area contributed by atoms with Gasteiger partial charge in [0.2, 0.25) is 0 Å². The zero-order valence-electron chi connectivity index (χ0n) is 11.6. The van der Waals surface area contributed by atoms with Gasteiger partial charge in [0.15, 0.2) is 5.84 Å². The van der Waals surface area contributed by atoms with E-state index in [1.165, 1.54) is 19.3 Å². The lowest BCUT2D eigenvalue weighted by Gasteiger charge is -2.28. The van der Waals surface area contributed by atoms with Gasteiger partial charge in [0, 0.05) is 18.8 Å². The molecule has 5 nitrogen and oxygen atoms in total. The Kier molecular flexibility index (Phi) is 4.04. The van der Waals surface area contributed by atoms with Crippen molar-refractivity contribution in [2.75, 3.05) is 0 Å². The van der Waals surface area contributed by atoms with Gasteiger partial charge in [-0.05, 0) is 29.9 Å². The molecule has 1 aliphatic carbocycles. The molecule has 1 aromatic rings. The van der Waals surface area contributed by atoms with Gasteiger partial charge in [-0.1, -0.05) is 31.5 Å². The van der Waals surface area contributed by atoms with E-state index in [2.05, 4.69) is 29.3 Å². The molecule has 1 aromatic heterocycles. The lowest BCUT2D eigenvalue weighted by atomic mass is 9.87. The standard InChI is InChI=1S/C14H22N4O/c1-14(2)7-3-6-11(14)17-9-10-5-4-8-16-12(10)13(15)18-19/h4-5,8,11,17,19H,3,6-7,9H2,1-2H3,(H2,15,18). The van der Waals surface area contributed by atoms with Gasteiger partial charge in [0.05, 0.1) is 0 Å². The fourth-order valence-electron chi connectivity index (χ4n) is 2.80. The van der Waals surface area contributed by atoms with Crippen LogP contribution in [0.1, 0.15) is 44.4 Å². The van der Waals surface area contributed by atoms with Crippen LogP contribution in [0.2, 0.25) is 0 Å². The third-order valence-corrected chi connectivity index (χ3v) is 4.04. The summed E-state index contributed by atoms with van der Waals surface area (Å²) in [5, 5.41) is 15.4. The van der Waals surface area contributed by atoms with Crippen LogP contribution in [0.25, 0.3) is 0 Å². The van der Waals surface area contributed by atoms with Crippen molar-refractivity contribution in [3.05, 3.63) is 29.6 Å². The lowest BCUT2D eigenvalue weighted by Crippen LogP contribution is -2.37. The van der Waals surface area contributed by atoms with Crippen LogP contribution < -0.4 is 11.1 Å². The van der Waals surface area contributed by atoms with Gasteiger partial charge < -0.3 is 16.3 Å². The minimum Gasteiger partial charge on any atom is -0.409 e. The number of oxime groups is 1. The molecular weight excluding hydrogens is 240 g/mol. The van der Waals surface area contributed by atoms with E-state index in [0.29, 0.717) is 23.7 Å². The first-order valence-corrected chi connectivity index (χ1v) is 6.70. The second kappa shape index (κ2) is 5.57. The average molecular weight is 262 g/mol. The molecule has 0 radical (unpaired) electrons. The highest BCUT2D eigenvalue weighted by atomic mass is 16.4. The molecule has 104 valence electrons. The summed E-state index contributed by atoms with van der Waals surface area (Å²) in [7, 11) is 0. The fraction of sp³-hybridized carbons (Fsp3) is 0.571. The molecule has 19 heavy (non-hydrogen) atoms. The predicted molar refractivity (Wildman–Crippen MR) is 75.0 cm³/mol. The van der Waals surface area contributed by atoms with E-state index in [9.17, 15) is 0 Å². The number of nitrogens with two attached hydrogens (primary N) is 1. The molecule has 0 amide bonds. The molecule has 1 heterocycles. The molecule has 1 aliphatic rings. The second-order valence-corrected chi connectivity index (χ2v) is 5.81. The van der Waals surface area contributed by atoms with E-state index in [-0.39, 0.29) is 5.84 Å². The summed E-state index contributed by atoms with van der Waals surface area (Å²) in [6.45, 7) is 5.28. The van der Waals surface area contributed by atoms with E-state index in [1.54, 1.807) is 6.20 Å². The van der Waals surface area contributed by atoms with Gasteiger partial charge in [-0.15, -0.1) is 0 Å². The van der Waals surface area contributed by atoms with Crippen LogP contribution in [-0.4, -0.2) is 22.1 Å². The van der Waals surface area contributed by atoms with Crippen molar-refractivity contribution in [2.45, 2.75) is 45.7 Å². The van der Waals surface area contributed by atoms with Crippen molar-refractivity contribution in [2.24, 2.45) is 16.3 Å². The highest BCUT2D eigenvalue weighted by molar-refractivity contribution is 5.96. The number of nitrogens with zero attached hydrogens (tertiary/aromatic N) is 2. The summed E-state index contributed by atoms with van der Waals surface area (Å²) in [6, 6.07) is 4.33. The number of aromatic nitrogens is 1. The zero-order chi connectivity index (χ0) is 13.9. The molecule has 1 unspecified atom stereocenters. The number of rotatable bonds is 4. The van der Waals surface area contributed by atoms with Crippen LogP contribution >= 0.6 is 0 Å². The number of hydrogen-bond acceptors (Lipinski definition) is 4. The predicted octanol–water partition coefficient (Wildman–Crippen LogP) is 1.84. The van der Waals surface area contributed by atoms with Crippen molar-refractivity contribution in [1.82, 2.24) is 10.3 Å². The van der Waals surface area contributed by atoms with Crippen LogP contribution in [-0.2, 0) is 6.54 Å². The molecule has 1 saturated carbocycles. The monoisotopic (exact) mass is 262 g/mol. The molecule has 0 saturated heterocycles. The smallest absolute Gasteiger partial charge is 0.189 e. The molecule has 4 N–H and O–H groups in total. The third-order valence-electron chi connectivity index (χ3n) is 4.04. The van der Waals surface area contributed by atoms with Gasteiger partial charge in [-0.3, -0.25) is 4.98 Å². The SMILES string of the molecule is CC1(C)CCCC1NCc1cccnc1C(N)=NO. The Balaban J connectivity index is 2.08. The van der Waals surface area contributed by atoms with E-state index in [1.807, 2.05) is 12.1 Å². The minimum atomic E-state index is 0.0584. The first-order chi connectivity index (χ1) is 9.04. The minimum absolute atomic E-state index is 0.0584. The van der Waals surface area contributed by atoms with Gasteiger partial charge in [0.1, 0.15) is 5.69 Å². The number of nitrogens with one attached hydrogen (secondary N) is 1. The Morgan fingerprint density at radius 1 is 1.63 bits per heavy atom. The molecule has 1 atom stereocenters. The Hall–Kier alpha value is -1.62. The summed E-state index contributed by atoms with van der Waals surface area (Å²) in [5.41, 5.74) is 7.48. The van der Waals surface area contributed by atoms with E-state index in [0.717, 1.165) is 5.56 Å². The van der Waals surface area contributed by atoms with Crippen LogP contribution in [0.4, 0.5) is 0 Å². The Morgan fingerprint density at radius 2 is 2.42 bits per heavy atom. The van der Waals surface area contributed by atoms with Crippen molar-refractivity contribution < 1.29 is 5.21 Å². The summed E-state index contributed by atoms with van der Waals surface area (Å²) >= 11 is 0. The van der Waals surface area contributed by atoms with Crippen LogP contribution in [0.15, 0.2) is 23.5 Å². The molecule has 0 bridgehead atoms. The molecule has 5 heteroatoms. The third kappa shape index (κ3) is 3.04. The van der Waals surface area contributed by atoms with Gasteiger partial charge in [-0.25, -0.2) is 0 Å². The van der Waals surface area contributed by atoms with Crippen molar-refractivity contribution in [1.29, 1.82) is 0 Å². The topological polar surface area (TPSA) is 83.5 Å². The fourth-order valence-corrected chi connectivity index (χ4v) is 2.80. The van der Waals surface area contributed by atoms with E-state index in [4.69, 9.17) is 10.9 Å². The first-order valence-electron chi connectivity index (χ1n) is 6.70. The number of pyridine rings is 1. The van der Waals surface area contributed by atoms with Crippen LogP contribution in [0, 0.1) is 5.41 Å². The van der Waals surface area contributed by atoms with Crippen LogP contribution in [0.5, 0.6) is 0 Å². The molecule has 0 aromatic carbocycles. The van der Waals surface area contributed by atoms with E-state index < -0.39 is 0 Å². The highest BCUT2D eigenvalue weighted by Gasteiger charge is 2.33. The normalized spacial score (nSPS) is 22.6. The van der Waals surface area contributed by atoms with E-state index >= 15 is 0 Å². The van der Waals surface area contributed by atoms with Gasteiger partial charge in [-0.2, -0.15) is 0 Å². The molecule has 1 fully saturated rings. The summed E-state index contributed by atoms with van der Waals surface area (Å²) in [4.78, 5) is 4.18. The second-order valence-electron chi connectivity index (χ2n) is 5.81. The maximum Gasteiger partial charge on any atom is 0.189 e. The summed E-state index contributed by atoms with van der Waals surface area (Å²) in [6.07, 6.45) is 5.37. The van der Waals surface area contributed by atoms with Crippen LogP contribution in [0.3, 0.4) is 0 Å². The Morgan fingerprint density at radius 3 is 3.05 bits per heavy atom. The largest absolute Gasteiger partial charge is 0.409 e. The van der Waals surface area contributed by atoms with Crippen molar-refractivity contribution >= 4 is 5.84 Å². The molecular formula is C14H22N4O. The quantitative estimate of drug-likeness (QED) is 0.334. The van der Waals surface area contributed by atoms with Crippen molar-refractivity contribution in [3.8, 4) is 0 Å². The number of amidine groups is 1. The maximum absolute atomic E-state index is 8.78. The average Bonchev–Trinajstić information content (AvgIpc) is 2.75.